The highest BCUT2D eigenvalue weighted by Crippen LogP contribution is 2.38. The lowest BCUT2D eigenvalue weighted by molar-refractivity contribution is -0.384. The number of nitro groups is 1. The van der Waals surface area contributed by atoms with Crippen LogP contribution in [-0.4, -0.2) is 42.1 Å². The van der Waals surface area contributed by atoms with Crippen molar-refractivity contribution in [2.75, 3.05) is 20.3 Å². The van der Waals surface area contributed by atoms with E-state index in [9.17, 15) is 19.7 Å². The molecular formula is C22H20N2O8. The number of non-ortho nitro benzene ring substituents is 1. The molecule has 0 atom stereocenters. The molecule has 0 saturated carbocycles. The zero-order valence-electron chi connectivity index (χ0n) is 17.5. The number of ether oxygens (including phenoxy) is 3. The molecule has 1 amide bonds. The van der Waals surface area contributed by atoms with E-state index >= 15 is 0 Å². The molecule has 1 aromatic heterocycles. The number of nitrogens with zero attached hydrogens (tertiary/aromatic N) is 2. The van der Waals surface area contributed by atoms with Gasteiger partial charge in [-0.05, 0) is 31.2 Å². The maximum absolute atomic E-state index is 13.0. The van der Waals surface area contributed by atoms with Gasteiger partial charge in [0, 0.05) is 36.0 Å². The Labute approximate surface area is 182 Å². The van der Waals surface area contributed by atoms with Crippen molar-refractivity contribution < 1.29 is 33.1 Å². The minimum absolute atomic E-state index is 0.111. The van der Waals surface area contributed by atoms with Gasteiger partial charge >= 0.3 is 12.1 Å². The van der Waals surface area contributed by atoms with Crippen molar-refractivity contribution in [3.05, 3.63) is 63.4 Å². The van der Waals surface area contributed by atoms with Gasteiger partial charge in [-0.1, -0.05) is 0 Å². The van der Waals surface area contributed by atoms with Crippen LogP contribution in [0.1, 0.15) is 28.6 Å². The fourth-order valence-electron chi connectivity index (χ4n) is 3.66. The molecule has 10 heteroatoms. The number of hydrogen-bond donors (Lipinski definition) is 0. The second kappa shape index (κ2) is 8.58. The van der Waals surface area contributed by atoms with Crippen LogP contribution in [0, 0.1) is 10.1 Å². The Morgan fingerprint density at radius 2 is 1.94 bits per heavy atom. The minimum atomic E-state index is -0.664. The molecule has 1 aliphatic rings. The summed E-state index contributed by atoms with van der Waals surface area (Å²) < 4.78 is 21.9. The van der Waals surface area contributed by atoms with Gasteiger partial charge in [0.1, 0.15) is 11.5 Å². The summed E-state index contributed by atoms with van der Waals surface area (Å²) >= 11 is 0. The Kier molecular flexibility index (Phi) is 5.67. The van der Waals surface area contributed by atoms with Crippen LogP contribution in [0.3, 0.4) is 0 Å². The fourth-order valence-corrected chi connectivity index (χ4v) is 3.66. The lowest BCUT2D eigenvalue weighted by Gasteiger charge is -2.25. The van der Waals surface area contributed by atoms with Crippen LogP contribution < -0.4 is 9.47 Å². The van der Waals surface area contributed by atoms with Crippen molar-refractivity contribution in [2.45, 2.75) is 19.9 Å². The molecule has 0 unspecified atom stereocenters. The molecule has 0 saturated heterocycles. The molecule has 4 rings (SSSR count). The van der Waals surface area contributed by atoms with Gasteiger partial charge in [-0.25, -0.2) is 9.59 Å². The number of nitro benzene ring substituents is 1. The fraction of sp³-hybridized carbons (Fsp3) is 0.273. The Bertz CT molecular complexity index is 1200. The molecule has 0 fully saturated rings. The van der Waals surface area contributed by atoms with Gasteiger partial charge in [0.15, 0.2) is 11.3 Å². The van der Waals surface area contributed by atoms with Gasteiger partial charge in [0.2, 0.25) is 0 Å². The molecule has 32 heavy (non-hydrogen) atoms. The SMILES string of the molecule is CCOC(=O)N1CCc2oc3c(OC)ccc(C(=O)Oc4ccc([N+](=O)[O-])cc4)c3c2C1. The monoisotopic (exact) mass is 440 g/mol. The average Bonchev–Trinajstić information content (AvgIpc) is 3.17. The van der Waals surface area contributed by atoms with E-state index in [1.54, 1.807) is 24.0 Å². The molecule has 1 aliphatic heterocycles. The first-order valence-corrected chi connectivity index (χ1v) is 9.92. The Hall–Kier alpha value is -4.08. The zero-order valence-corrected chi connectivity index (χ0v) is 17.5. The highest BCUT2D eigenvalue weighted by Gasteiger charge is 2.30. The van der Waals surface area contributed by atoms with E-state index in [1.165, 1.54) is 31.4 Å². The van der Waals surface area contributed by atoms with Crippen LogP contribution in [0.2, 0.25) is 0 Å². The van der Waals surface area contributed by atoms with Crippen LogP contribution in [-0.2, 0) is 17.7 Å². The second-order valence-corrected chi connectivity index (χ2v) is 7.03. The molecule has 3 aromatic rings. The quantitative estimate of drug-likeness (QED) is 0.252. The molecule has 0 spiro atoms. The highest BCUT2D eigenvalue weighted by atomic mass is 16.6. The topological polar surface area (TPSA) is 121 Å². The van der Waals surface area contributed by atoms with Crippen molar-refractivity contribution in [3.63, 3.8) is 0 Å². The zero-order chi connectivity index (χ0) is 22.8. The highest BCUT2D eigenvalue weighted by molar-refractivity contribution is 6.07. The van der Waals surface area contributed by atoms with E-state index in [2.05, 4.69) is 0 Å². The number of carbonyl (C=O) groups is 2. The first-order chi connectivity index (χ1) is 15.4. The second-order valence-electron chi connectivity index (χ2n) is 7.03. The summed E-state index contributed by atoms with van der Waals surface area (Å²) in [5.74, 6) is 0.608. The molecule has 0 bridgehead atoms. The minimum Gasteiger partial charge on any atom is -0.493 e. The van der Waals surface area contributed by atoms with Crippen LogP contribution >= 0.6 is 0 Å². The molecule has 10 nitrogen and oxygen atoms in total. The molecule has 2 aromatic carbocycles. The summed E-state index contributed by atoms with van der Waals surface area (Å²) in [6, 6.07) is 8.38. The largest absolute Gasteiger partial charge is 0.493 e. The smallest absolute Gasteiger partial charge is 0.410 e. The summed E-state index contributed by atoms with van der Waals surface area (Å²) in [6.45, 7) is 2.63. The van der Waals surface area contributed by atoms with E-state index < -0.39 is 17.0 Å². The lowest BCUT2D eigenvalue weighted by atomic mass is 10.0. The number of amides is 1. The van der Waals surface area contributed by atoms with Crippen molar-refractivity contribution in [2.24, 2.45) is 0 Å². The lowest BCUT2D eigenvalue weighted by Crippen LogP contribution is -2.36. The van der Waals surface area contributed by atoms with Gasteiger partial charge < -0.3 is 23.5 Å². The number of benzene rings is 2. The molecule has 166 valence electrons. The average molecular weight is 440 g/mol. The van der Waals surface area contributed by atoms with E-state index in [-0.39, 0.29) is 30.2 Å². The number of fused-ring (bicyclic) bond motifs is 3. The first-order valence-electron chi connectivity index (χ1n) is 9.92. The molecule has 2 heterocycles. The molecule has 0 aliphatic carbocycles. The van der Waals surface area contributed by atoms with E-state index in [1.807, 2.05) is 0 Å². The number of methoxy groups -OCH3 is 1. The molecule has 0 radical (unpaired) electrons. The molecule has 0 N–H and O–H groups in total. The Balaban J connectivity index is 1.71. The van der Waals surface area contributed by atoms with Crippen molar-refractivity contribution in [1.29, 1.82) is 0 Å². The maximum Gasteiger partial charge on any atom is 0.410 e. The number of esters is 1. The predicted molar refractivity (Wildman–Crippen MR) is 112 cm³/mol. The van der Waals surface area contributed by atoms with E-state index in [4.69, 9.17) is 18.6 Å². The number of carbonyl (C=O) groups excluding carboxylic acids is 2. The number of rotatable bonds is 5. The Morgan fingerprint density at radius 3 is 2.59 bits per heavy atom. The summed E-state index contributed by atoms with van der Waals surface area (Å²) in [4.78, 5) is 37.1. The van der Waals surface area contributed by atoms with Gasteiger partial charge in [0.25, 0.3) is 5.69 Å². The van der Waals surface area contributed by atoms with Crippen LogP contribution in [0.25, 0.3) is 11.0 Å². The first kappa shape index (κ1) is 21.2. The van der Waals surface area contributed by atoms with Gasteiger partial charge in [-0.3, -0.25) is 10.1 Å². The maximum atomic E-state index is 13.0. The predicted octanol–water partition coefficient (Wildman–Crippen LogP) is 4.08. The van der Waals surface area contributed by atoms with Crippen molar-refractivity contribution in [3.8, 4) is 11.5 Å². The van der Waals surface area contributed by atoms with Gasteiger partial charge in [-0.2, -0.15) is 0 Å². The van der Waals surface area contributed by atoms with Crippen LogP contribution in [0.15, 0.2) is 40.8 Å². The van der Waals surface area contributed by atoms with Crippen LogP contribution in [0.5, 0.6) is 11.5 Å². The summed E-state index contributed by atoms with van der Waals surface area (Å²) in [5.41, 5.74) is 1.20. The summed E-state index contributed by atoms with van der Waals surface area (Å²) in [6.07, 6.45) is 0.0217. The number of hydrogen-bond acceptors (Lipinski definition) is 8. The van der Waals surface area contributed by atoms with E-state index in [0.29, 0.717) is 41.0 Å². The van der Waals surface area contributed by atoms with E-state index in [0.717, 1.165) is 0 Å². The third-order valence-electron chi connectivity index (χ3n) is 5.17. The normalized spacial score (nSPS) is 12.9. The Morgan fingerprint density at radius 1 is 1.19 bits per heavy atom. The van der Waals surface area contributed by atoms with Crippen LogP contribution in [0.4, 0.5) is 10.5 Å². The van der Waals surface area contributed by atoms with Gasteiger partial charge in [0.05, 0.1) is 30.7 Å². The standard InChI is InChI=1S/C22H20N2O8/c1-3-30-22(26)23-11-10-17-16(12-23)19-15(8-9-18(29-2)20(19)32-17)21(25)31-14-6-4-13(5-7-14)24(27)28/h4-9H,3,10-12H2,1-2H3. The van der Waals surface area contributed by atoms with Gasteiger partial charge in [-0.15, -0.1) is 0 Å². The van der Waals surface area contributed by atoms with Crippen molar-refractivity contribution >= 4 is 28.7 Å². The van der Waals surface area contributed by atoms with Crippen molar-refractivity contribution in [1.82, 2.24) is 4.90 Å². The molecular weight excluding hydrogens is 420 g/mol. The third kappa shape index (κ3) is 3.82. The summed E-state index contributed by atoms with van der Waals surface area (Å²) in [7, 11) is 1.50. The third-order valence-corrected chi connectivity index (χ3v) is 5.17. The summed E-state index contributed by atoms with van der Waals surface area (Å²) in [5, 5.41) is 11.3. The number of furan rings is 1.